The number of aryl methyl sites for hydroxylation is 1. The number of aromatic nitrogens is 2. The van der Waals surface area contributed by atoms with E-state index in [2.05, 4.69) is 22.4 Å². The Bertz CT molecular complexity index is 1040. The van der Waals surface area contributed by atoms with Gasteiger partial charge in [-0.25, -0.2) is 4.98 Å². The number of halogens is 1. The molecule has 0 radical (unpaired) electrons. The predicted octanol–water partition coefficient (Wildman–Crippen LogP) is 4.30. The van der Waals surface area contributed by atoms with Crippen molar-refractivity contribution in [2.75, 3.05) is 12.3 Å². The normalized spacial score (nSPS) is 11.0. The van der Waals surface area contributed by atoms with E-state index in [0.717, 1.165) is 19.3 Å². The zero-order valence-corrected chi connectivity index (χ0v) is 17.9. The van der Waals surface area contributed by atoms with Gasteiger partial charge < -0.3 is 5.32 Å². The van der Waals surface area contributed by atoms with Crippen molar-refractivity contribution in [1.82, 2.24) is 14.9 Å². The number of carbonyl (C=O) groups excluding carboxylic acids is 1. The van der Waals surface area contributed by atoms with Crippen LogP contribution in [0.2, 0.25) is 5.02 Å². The molecule has 7 heteroatoms. The summed E-state index contributed by atoms with van der Waals surface area (Å²) in [6, 6.07) is 15.3. The van der Waals surface area contributed by atoms with Crippen LogP contribution >= 0.6 is 23.4 Å². The fraction of sp³-hybridized carbons (Fsp3) is 0.318. The summed E-state index contributed by atoms with van der Waals surface area (Å²) in [7, 11) is 0. The minimum absolute atomic E-state index is 0.0634. The van der Waals surface area contributed by atoms with Crippen molar-refractivity contribution in [3.63, 3.8) is 0 Å². The average Bonchev–Trinajstić information content (AvgIpc) is 2.72. The lowest BCUT2D eigenvalue weighted by Gasteiger charge is -2.12. The number of fused-ring (bicyclic) bond motifs is 1. The van der Waals surface area contributed by atoms with Crippen LogP contribution in [0.3, 0.4) is 0 Å². The lowest BCUT2D eigenvalue weighted by Crippen LogP contribution is -2.28. The van der Waals surface area contributed by atoms with Gasteiger partial charge in [0.05, 0.1) is 16.7 Å². The van der Waals surface area contributed by atoms with Crippen LogP contribution in [0.25, 0.3) is 10.9 Å². The molecule has 0 aliphatic rings. The van der Waals surface area contributed by atoms with Gasteiger partial charge in [0.15, 0.2) is 5.16 Å². The quantitative estimate of drug-likeness (QED) is 0.313. The van der Waals surface area contributed by atoms with Crippen LogP contribution < -0.4 is 10.9 Å². The largest absolute Gasteiger partial charge is 0.355 e. The zero-order valence-electron chi connectivity index (χ0n) is 16.4. The van der Waals surface area contributed by atoms with Gasteiger partial charge in [-0.05, 0) is 43.0 Å². The highest BCUT2D eigenvalue weighted by molar-refractivity contribution is 7.99. The number of nitrogens with zero attached hydrogens (tertiary/aromatic N) is 2. The van der Waals surface area contributed by atoms with Gasteiger partial charge in [-0.2, -0.15) is 0 Å². The highest BCUT2D eigenvalue weighted by Gasteiger charge is 2.13. The van der Waals surface area contributed by atoms with Gasteiger partial charge in [0.1, 0.15) is 0 Å². The topological polar surface area (TPSA) is 64.0 Å². The van der Waals surface area contributed by atoms with Crippen LogP contribution in [-0.4, -0.2) is 27.8 Å². The Labute approximate surface area is 179 Å². The van der Waals surface area contributed by atoms with Crippen molar-refractivity contribution in [2.45, 2.75) is 37.9 Å². The molecular formula is C22H24ClN3O2S. The van der Waals surface area contributed by atoms with Crippen molar-refractivity contribution >= 4 is 40.2 Å². The summed E-state index contributed by atoms with van der Waals surface area (Å²) in [4.78, 5) is 29.6. The molecule has 1 heterocycles. The molecule has 1 N–H and O–H groups in total. The molecule has 0 unspecified atom stereocenters. The van der Waals surface area contributed by atoms with Crippen molar-refractivity contribution in [3.05, 3.63) is 69.5 Å². The highest BCUT2D eigenvalue weighted by Crippen LogP contribution is 2.20. The molecule has 0 saturated heterocycles. The lowest BCUT2D eigenvalue weighted by molar-refractivity contribution is -0.118. The molecule has 3 aromatic rings. The molecule has 3 rings (SSSR count). The SMILES string of the molecule is CCCn1c(SCC(=O)NCCCc2ccccc2)nc2cc(Cl)ccc2c1=O. The number of amides is 1. The molecule has 152 valence electrons. The maximum absolute atomic E-state index is 12.8. The highest BCUT2D eigenvalue weighted by atomic mass is 35.5. The summed E-state index contributed by atoms with van der Waals surface area (Å²) in [6.45, 7) is 3.19. The Hall–Kier alpha value is -2.31. The molecule has 29 heavy (non-hydrogen) atoms. The molecule has 0 atom stereocenters. The Balaban J connectivity index is 1.60. The third-order valence-corrected chi connectivity index (χ3v) is 5.68. The van der Waals surface area contributed by atoms with Gasteiger partial charge in [0.25, 0.3) is 5.56 Å². The first-order valence-electron chi connectivity index (χ1n) is 9.72. The van der Waals surface area contributed by atoms with E-state index in [9.17, 15) is 9.59 Å². The van der Waals surface area contributed by atoms with E-state index in [1.165, 1.54) is 17.3 Å². The molecule has 0 spiro atoms. The summed E-state index contributed by atoms with van der Waals surface area (Å²) in [5, 5.41) is 4.56. The second kappa shape index (κ2) is 10.5. The zero-order chi connectivity index (χ0) is 20.6. The first-order valence-corrected chi connectivity index (χ1v) is 11.1. The van der Waals surface area contributed by atoms with E-state index in [4.69, 9.17) is 11.6 Å². The molecule has 0 fully saturated rings. The Morgan fingerprint density at radius 2 is 2.00 bits per heavy atom. The number of hydrogen-bond donors (Lipinski definition) is 1. The summed E-state index contributed by atoms with van der Waals surface area (Å²) >= 11 is 7.33. The van der Waals surface area contributed by atoms with Gasteiger partial charge >= 0.3 is 0 Å². The molecule has 1 aromatic heterocycles. The number of rotatable bonds is 9. The van der Waals surface area contributed by atoms with E-state index in [-0.39, 0.29) is 17.2 Å². The van der Waals surface area contributed by atoms with E-state index >= 15 is 0 Å². The van der Waals surface area contributed by atoms with Gasteiger partial charge in [0.2, 0.25) is 5.91 Å². The van der Waals surface area contributed by atoms with E-state index < -0.39 is 0 Å². The minimum atomic E-state index is -0.0979. The number of nitrogens with one attached hydrogen (secondary N) is 1. The summed E-state index contributed by atoms with van der Waals surface area (Å²) < 4.78 is 1.64. The van der Waals surface area contributed by atoms with Gasteiger partial charge in [0, 0.05) is 18.1 Å². The average molecular weight is 430 g/mol. The molecule has 2 aromatic carbocycles. The van der Waals surface area contributed by atoms with Crippen LogP contribution in [0.1, 0.15) is 25.3 Å². The fourth-order valence-corrected chi connectivity index (χ4v) is 4.07. The summed E-state index contributed by atoms with van der Waals surface area (Å²) in [5.74, 6) is 0.152. The Kier molecular flexibility index (Phi) is 7.72. The molecule has 0 aliphatic carbocycles. The van der Waals surface area contributed by atoms with Crippen LogP contribution in [-0.2, 0) is 17.8 Å². The van der Waals surface area contributed by atoms with Crippen molar-refractivity contribution in [3.8, 4) is 0 Å². The van der Waals surface area contributed by atoms with Gasteiger partial charge in [-0.3, -0.25) is 14.2 Å². The Morgan fingerprint density at radius 3 is 2.76 bits per heavy atom. The number of carbonyl (C=O) groups is 1. The molecule has 0 aliphatic heterocycles. The van der Waals surface area contributed by atoms with Gasteiger partial charge in [-0.1, -0.05) is 60.6 Å². The molecule has 0 bridgehead atoms. The molecule has 5 nitrogen and oxygen atoms in total. The number of thioether (sulfide) groups is 1. The van der Waals surface area contributed by atoms with Crippen LogP contribution in [0, 0.1) is 0 Å². The van der Waals surface area contributed by atoms with Crippen LogP contribution in [0.15, 0.2) is 58.5 Å². The van der Waals surface area contributed by atoms with Gasteiger partial charge in [-0.15, -0.1) is 0 Å². The Morgan fingerprint density at radius 1 is 1.21 bits per heavy atom. The molecule has 1 amide bonds. The second-order valence-corrected chi connectivity index (χ2v) is 8.12. The predicted molar refractivity (Wildman–Crippen MR) is 120 cm³/mol. The second-order valence-electron chi connectivity index (χ2n) is 6.74. The summed E-state index contributed by atoms with van der Waals surface area (Å²) in [6.07, 6.45) is 2.62. The van der Waals surface area contributed by atoms with E-state index in [1.54, 1.807) is 22.8 Å². The summed E-state index contributed by atoms with van der Waals surface area (Å²) in [5.41, 5.74) is 1.72. The molecular weight excluding hydrogens is 406 g/mol. The third kappa shape index (κ3) is 5.84. The monoisotopic (exact) mass is 429 g/mol. The van der Waals surface area contributed by atoms with Crippen molar-refractivity contribution in [1.29, 1.82) is 0 Å². The maximum Gasteiger partial charge on any atom is 0.262 e. The number of hydrogen-bond acceptors (Lipinski definition) is 4. The number of benzene rings is 2. The van der Waals surface area contributed by atoms with Crippen LogP contribution in [0.5, 0.6) is 0 Å². The standard InChI is InChI=1S/C22H24ClN3O2S/c1-2-13-26-21(28)18-11-10-17(23)14-19(18)25-22(26)29-15-20(27)24-12-6-9-16-7-4-3-5-8-16/h3-5,7-8,10-11,14H,2,6,9,12-13,15H2,1H3,(H,24,27). The smallest absolute Gasteiger partial charge is 0.262 e. The lowest BCUT2D eigenvalue weighted by atomic mass is 10.1. The van der Waals surface area contributed by atoms with E-state index in [1.807, 2.05) is 25.1 Å². The minimum Gasteiger partial charge on any atom is -0.355 e. The third-order valence-electron chi connectivity index (χ3n) is 4.47. The van der Waals surface area contributed by atoms with E-state index in [0.29, 0.717) is 34.2 Å². The van der Waals surface area contributed by atoms with Crippen LogP contribution in [0.4, 0.5) is 0 Å². The molecule has 0 saturated carbocycles. The first kappa shape index (κ1) is 21.4. The van der Waals surface area contributed by atoms with Crippen molar-refractivity contribution in [2.24, 2.45) is 0 Å². The van der Waals surface area contributed by atoms with Crippen molar-refractivity contribution < 1.29 is 4.79 Å². The maximum atomic E-state index is 12.8. The fourth-order valence-electron chi connectivity index (χ4n) is 3.05. The first-order chi connectivity index (χ1) is 14.1.